The zero-order valence-corrected chi connectivity index (χ0v) is 10.7. The third-order valence-electron chi connectivity index (χ3n) is 2.78. The quantitative estimate of drug-likeness (QED) is 0.923. The number of alkyl halides is 2. The van der Waals surface area contributed by atoms with Crippen molar-refractivity contribution in [2.24, 2.45) is 0 Å². The second-order valence-electron chi connectivity index (χ2n) is 4.42. The SMILES string of the molecule is Cc1cc(F)cc(C(O)c2cccc(OC(F)F)c2)c1. The molecule has 1 unspecified atom stereocenters. The van der Waals surface area contributed by atoms with Crippen molar-refractivity contribution in [2.45, 2.75) is 19.6 Å². The minimum Gasteiger partial charge on any atom is -0.435 e. The molecule has 0 aliphatic rings. The van der Waals surface area contributed by atoms with Crippen LogP contribution in [0.1, 0.15) is 22.8 Å². The predicted molar refractivity (Wildman–Crippen MR) is 68.3 cm³/mol. The van der Waals surface area contributed by atoms with Crippen LogP contribution >= 0.6 is 0 Å². The highest BCUT2D eigenvalue weighted by molar-refractivity contribution is 5.36. The minimum absolute atomic E-state index is 0.0512. The monoisotopic (exact) mass is 282 g/mol. The third-order valence-corrected chi connectivity index (χ3v) is 2.78. The summed E-state index contributed by atoms with van der Waals surface area (Å²) in [6, 6.07) is 9.89. The van der Waals surface area contributed by atoms with Crippen molar-refractivity contribution in [3.05, 3.63) is 65.0 Å². The lowest BCUT2D eigenvalue weighted by atomic mass is 9.99. The first-order valence-corrected chi connectivity index (χ1v) is 5.95. The van der Waals surface area contributed by atoms with Gasteiger partial charge in [-0.25, -0.2) is 4.39 Å². The smallest absolute Gasteiger partial charge is 0.387 e. The summed E-state index contributed by atoms with van der Waals surface area (Å²) in [5.74, 6) is -0.510. The van der Waals surface area contributed by atoms with Gasteiger partial charge in [-0.1, -0.05) is 18.2 Å². The molecule has 0 radical (unpaired) electrons. The Balaban J connectivity index is 2.30. The highest BCUT2D eigenvalue weighted by Gasteiger charge is 2.14. The van der Waals surface area contributed by atoms with Gasteiger partial charge >= 0.3 is 6.61 Å². The summed E-state index contributed by atoms with van der Waals surface area (Å²) < 4.78 is 41.9. The molecule has 1 N–H and O–H groups in total. The number of aryl methyl sites for hydroxylation is 1. The van der Waals surface area contributed by atoms with E-state index in [2.05, 4.69) is 4.74 Å². The van der Waals surface area contributed by atoms with Crippen molar-refractivity contribution in [2.75, 3.05) is 0 Å². The topological polar surface area (TPSA) is 29.5 Å². The standard InChI is InChI=1S/C15H13F3O2/c1-9-5-11(7-12(16)6-9)14(19)10-3-2-4-13(8-10)20-15(17)18/h2-8,14-15,19H,1H3. The van der Waals surface area contributed by atoms with E-state index in [1.54, 1.807) is 19.1 Å². The normalized spacial score (nSPS) is 12.5. The maximum absolute atomic E-state index is 13.3. The van der Waals surface area contributed by atoms with Crippen LogP contribution in [-0.2, 0) is 0 Å². The Morgan fingerprint density at radius 2 is 1.80 bits per heavy atom. The molecule has 0 amide bonds. The van der Waals surface area contributed by atoms with Gasteiger partial charge in [0.25, 0.3) is 0 Å². The van der Waals surface area contributed by atoms with Crippen molar-refractivity contribution in [3.63, 3.8) is 0 Å². The first-order chi connectivity index (χ1) is 9.45. The molecular formula is C15H13F3O2. The first-order valence-electron chi connectivity index (χ1n) is 5.95. The van der Waals surface area contributed by atoms with Gasteiger partial charge in [0.1, 0.15) is 17.7 Å². The van der Waals surface area contributed by atoms with E-state index in [0.717, 1.165) is 0 Å². The minimum atomic E-state index is -2.93. The second kappa shape index (κ2) is 5.96. The Morgan fingerprint density at radius 1 is 1.05 bits per heavy atom. The molecule has 0 aromatic heterocycles. The highest BCUT2D eigenvalue weighted by atomic mass is 19.3. The van der Waals surface area contributed by atoms with Gasteiger partial charge < -0.3 is 9.84 Å². The number of hydrogen-bond acceptors (Lipinski definition) is 2. The van der Waals surface area contributed by atoms with Crippen LogP contribution < -0.4 is 4.74 Å². The molecule has 1 atom stereocenters. The summed E-state index contributed by atoms with van der Waals surface area (Å²) in [6.45, 7) is -1.23. The fourth-order valence-electron chi connectivity index (χ4n) is 1.98. The van der Waals surface area contributed by atoms with Gasteiger partial charge in [-0.05, 0) is 47.9 Å². The van der Waals surface area contributed by atoms with Crippen molar-refractivity contribution in [1.82, 2.24) is 0 Å². The molecule has 2 nitrogen and oxygen atoms in total. The fourth-order valence-corrected chi connectivity index (χ4v) is 1.98. The maximum Gasteiger partial charge on any atom is 0.387 e. The molecule has 0 aliphatic heterocycles. The lowest BCUT2D eigenvalue weighted by molar-refractivity contribution is -0.0499. The van der Waals surface area contributed by atoms with Crippen LogP contribution in [0.5, 0.6) is 5.75 Å². The molecular weight excluding hydrogens is 269 g/mol. The van der Waals surface area contributed by atoms with Gasteiger partial charge in [0.15, 0.2) is 0 Å². The van der Waals surface area contributed by atoms with Crippen LogP contribution in [0.2, 0.25) is 0 Å². The number of hydrogen-bond donors (Lipinski definition) is 1. The molecule has 0 saturated heterocycles. The van der Waals surface area contributed by atoms with Crippen molar-refractivity contribution >= 4 is 0 Å². The van der Waals surface area contributed by atoms with E-state index in [9.17, 15) is 18.3 Å². The molecule has 2 aromatic rings. The summed E-state index contributed by atoms with van der Waals surface area (Å²) in [7, 11) is 0. The van der Waals surface area contributed by atoms with Crippen LogP contribution in [0.25, 0.3) is 0 Å². The number of aliphatic hydroxyl groups is 1. The van der Waals surface area contributed by atoms with E-state index in [1.807, 2.05) is 0 Å². The van der Waals surface area contributed by atoms with Gasteiger partial charge in [-0.3, -0.25) is 0 Å². The van der Waals surface area contributed by atoms with Crippen LogP contribution in [0.3, 0.4) is 0 Å². The molecule has 20 heavy (non-hydrogen) atoms. The molecule has 0 fully saturated rings. The van der Waals surface area contributed by atoms with E-state index in [0.29, 0.717) is 16.7 Å². The zero-order chi connectivity index (χ0) is 14.7. The lowest BCUT2D eigenvalue weighted by Gasteiger charge is -2.14. The average Bonchev–Trinajstić information content (AvgIpc) is 2.36. The van der Waals surface area contributed by atoms with Crippen molar-refractivity contribution < 1.29 is 23.0 Å². The molecule has 0 aliphatic carbocycles. The molecule has 5 heteroatoms. The summed E-state index contributed by atoms with van der Waals surface area (Å²) in [4.78, 5) is 0. The van der Waals surface area contributed by atoms with Crippen molar-refractivity contribution in [1.29, 1.82) is 0 Å². The van der Waals surface area contributed by atoms with E-state index in [4.69, 9.17) is 0 Å². The number of halogens is 3. The molecule has 0 heterocycles. The van der Waals surface area contributed by atoms with E-state index in [-0.39, 0.29) is 5.75 Å². The molecule has 106 valence electrons. The molecule has 2 rings (SSSR count). The third kappa shape index (κ3) is 3.51. The second-order valence-corrected chi connectivity index (χ2v) is 4.42. The van der Waals surface area contributed by atoms with Crippen LogP contribution in [0, 0.1) is 12.7 Å². The van der Waals surface area contributed by atoms with E-state index in [1.165, 1.54) is 30.3 Å². The highest BCUT2D eigenvalue weighted by Crippen LogP contribution is 2.26. The zero-order valence-electron chi connectivity index (χ0n) is 10.7. The fraction of sp³-hybridized carbons (Fsp3) is 0.200. The van der Waals surface area contributed by atoms with Gasteiger partial charge in [-0.2, -0.15) is 8.78 Å². The summed E-state index contributed by atoms with van der Waals surface area (Å²) in [5, 5.41) is 10.2. The summed E-state index contributed by atoms with van der Waals surface area (Å²) in [6.07, 6.45) is -1.11. The van der Waals surface area contributed by atoms with Gasteiger partial charge in [-0.15, -0.1) is 0 Å². The van der Waals surface area contributed by atoms with Crippen LogP contribution in [0.4, 0.5) is 13.2 Å². The number of benzene rings is 2. The molecule has 2 aromatic carbocycles. The maximum atomic E-state index is 13.3. The Morgan fingerprint density at radius 3 is 2.45 bits per heavy atom. The van der Waals surface area contributed by atoms with Gasteiger partial charge in [0, 0.05) is 0 Å². The molecule has 0 spiro atoms. The number of rotatable bonds is 4. The Labute approximate surface area is 114 Å². The Bertz CT molecular complexity index is 579. The van der Waals surface area contributed by atoms with Gasteiger partial charge in [0.05, 0.1) is 0 Å². The largest absolute Gasteiger partial charge is 0.435 e. The van der Waals surface area contributed by atoms with E-state index < -0.39 is 18.5 Å². The molecule has 0 bridgehead atoms. The summed E-state index contributed by atoms with van der Waals surface area (Å²) in [5.41, 5.74) is 1.38. The van der Waals surface area contributed by atoms with Crippen LogP contribution in [-0.4, -0.2) is 11.7 Å². The number of ether oxygens (including phenoxy) is 1. The van der Waals surface area contributed by atoms with Gasteiger partial charge in [0.2, 0.25) is 0 Å². The predicted octanol–water partition coefficient (Wildman–Crippen LogP) is 3.82. The first kappa shape index (κ1) is 14.4. The van der Waals surface area contributed by atoms with E-state index >= 15 is 0 Å². The van der Waals surface area contributed by atoms with Crippen LogP contribution in [0.15, 0.2) is 42.5 Å². The molecule has 0 saturated carbocycles. The lowest BCUT2D eigenvalue weighted by Crippen LogP contribution is -2.04. The summed E-state index contributed by atoms with van der Waals surface area (Å²) >= 11 is 0. The number of aliphatic hydroxyl groups excluding tert-OH is 1. The van der Waals surface area contributed by atoms with Crippen molar-refractivity contribution in [3.8, 4) is 5.75 Å². The Kier molecular flexibility index (Phi) is 4.29. The average molecular weight is 282 g/mol. The Hall–Kier alpha value is -2.01.